The summed E-state index contributed by atoms with van der Waals surface area (Å²) in [4.78, 5) is 28.9. The molecule has 6 nitrogen and oxygen atoms in total. The third-order valence-corrected chi connectivity index (χ3v) is 7.01. The van der Waals surface area contributed by atoms with Crippen molar-refractivity contribution in [2.24, 2.45) is 0 Å². The Balaban J connectivity index is 1.46. The molecule has 3 heterocycles. The number of likely N-dealkylation sites (tertiary alicyclic amines) is 1. The second kappa shape index (κ2) is 8.46. The van der Waals surface area contributed by atoms with Crippen LogP contribution < -0.4 is 5.32 Å². The Morgan fingerprint density at radius 2 is 1.77 bits per heavy atom. The number of ether oxygens (including phenoxy) is 1. The molecule has 0 atom stereocenters. The van der Waals surface area contributed by atoms with Gasteiger partial charge in [0.05, 0.1) is 5.56 Å². The van der Waals surface area contributed by atoms with Crippen molar-refractivity contribution in [3.8, 4) is 5.00 Å². The summed E-state index contributed by atoms with van der Waals surface area (Å²) in [5, 5.41) is 4.00. The first-order chi connectivity index (χ1) is 14.3. The van der Waals surface area contributed by atoms with Gasteiger partial charge in [0, 0.05) is 36.4 Å². The fraction of sp³-hybridized carbons (Fsp3) is 0.565. The minimum Gasteiger partial charge on any atom is -0.444 e. The van der Waals surface area contributed by atoms with Crippen LogP contribution in [0.5, 0.6) is 0 Å². The fourth-order valence-corrected chi connectivity index (χ4v) is 5.63. The first kappa shape index (κ1) is 21.0. The van der Waals surface area contributed by atoms with Crippen LogP contribution in [-0.2, 0) is 17.6 Å². The summed E-state index contributed by atoms with van der Waals surface area (Å²) >= 11 is 1.77. The van der Waals surface area contributed by atoms with Gasteiger partial charge in [0.1, 0.15) is 10.6 Å². The maximum Gasteiger partial charge on any atom is 0.407 e. The van der Waals surface area contributed by atoms with E-state index >= 15 is 0 Å². The highest BCUT2D eigenvalue weighted by Gasteiger charge is 2.32. The molecule has 1 aliphatic carbocycles. The highest BCUT2D eigenvalue weighted by molar-refractivity contribution is 7.15. The van der Waals surface area contributed by atoms with Crippen molar-refractivity contribution in [1.29, 1.82) is 0 Å². The molecule has 1 aliphatic heterocycles. The fourth-order valence-electron chi connectivity index (χ4n) is 4.28. The van der Waals surface area contributed by atoms with Crippen molar-refractivity contribution >= 4 is 23.3 Å². The first-order valence-corrected chi connectivity index (χ1v) is 11.7. The van der Waals surface area contributed by atoms with Gasteiger partial charge in [-0.3, -0.25) is 4.79 Å². The molecule has 2 aromatic rings. The van der Waals surface area contributed by atoms with E-state index in [-0.39, 0.29) is 18.0 Å². The van der Waals surface area contributed by atoms with Crippen LogP contribution in [0.15, 0.2) is 24.5 Å². The molecule has 0 bridgehead atoms. The summed E-state index contributed by atoms with van der Waals surface area (Å²) in [6.45, 7) is 6.87. The van der Waals surface area contributed by atoms with E-state index < -0.39 is 5.60 Å². The summed E-state index contributed by atoms with van der Waals surface area (Å²) in [5.74, 6) is 0.133. The van der Waals surface area contributed by atoms with E-state index in [1.54, 1.807) is 11.3 Å². The quantitative estimate of drug-likeness (QED) is 0.779. The monoisotopic (exact) mass is 429 g/mol. The Morgan fingerprint density at radius 1 is 1.10 bits per heavy atom. The largest absolute Gasteiger partial charge is 0.444 e. The number of nitrogens with one attached hydrogen (secondary N) is 1. The van der Waals surface area contributed by atoms with Gasteiger partial charge in [-0.25, -0.2) is 4.79 Å². The van der Waals surface area contributed by atoms with Crippen LogP contribution in [0, 0.1) is 0 Å². The minimum atomic E-state index is -0.506. The van der Waals surface area contributed by atoms with Crippen molar-refractivity contribution in [1.82, 2.24) is 14.8 Å². The second-order valence-corrected chi connectivity index (χ2v) is 10.3. The summed E-state index contributed by atoms with van der Waals surface area (Å²) in [7, 11) is 0. The van der Waals surface area contributed by atoms with Gasteiger partial charge in [0.25, 0.3) is 5.91 Å². The maximum absolute atomic E-state index is 13.6. The normalized spacial score (nSPS) is 17.5. The number of nitrogens with zero attached hydrogens (tertiary/aromatic N) is 2. The molecule has 7 heteroatoms. The Hall–Kier alpha value is -2.28. The number of hydrogen-bond donors (Lipinski definition) is 1. The highest BCUT2D eigenvalue weighted by atomic mass is 32.1. The van der Waals surface area contributed by atoms with Gasteiger partial charge in [-0.05, 0) is 77.0 Å². The summed E-state index contributed by atoms with van der Waals surface area (Å²) in [5.41, 5.74) is 1.65. The second-order valence-electron chi connectivity index (χ2n) is 9.19. The molecule has 0 radical (unpaired) electrons. The van der Waals surface area contributed by atoms with Crippen molar-refractivity contribution in [3.63, 3.8) is 0 Å². The molecule has 2 aromatic heterocycles. The van der Waals surface area contributed by atoms with Gasteiger partial charge in [0.15, 0.2) is 0 Å². The lowest BCUT2D eigenvalue weighted by molar-refractivity contribution is 0.0473. The van der Waals surface area contributed by atoms with Crippen LogP contribution >= 0.6 is 11.3 Å². The van der Waals surface area contributed by atoms with Crippen LogP contribution in [0.4, 0.5) is 4.79 Å². The number of aromatic nitrogens is 1. The number of piperidine rings is 1. The predicted molar refractivity (Wildman–Crippen MR) is 119 cm³/mol. The van der Waals surface area contributed by atoms with Gasteiger partial charge in [0.2, 0.25) is 0 Å². The highest BCUT2D eigenvalue weighted by Crippen LogP contribution is 2.38. The average molecular weight is 430 g/mol. The lowest BCUT2D eigenvalue weighted by Crippen LogP contribution is -2.47. The molecule has 2 aliphatic rings. The van der Waals surface area contributed by atoms with E-state index in [9.17, 15) is 9.59 Å². The Morgan fingerprint density at radius 3 is 2.43 bits per heavy atom. The SMILES string of the molecule is CC(C)(C)OC(=O)NC1CCN(C(=O)c2c(-n3cccc3)sc3c2CCCC3)CC1. The molecule has 162 valence electrons. The van der Waals surface area contributed by atoms with Gasteiger partial charge in [-0.15, -0.1) is 11.3 Å². The molecule has 4 rings (SSSR count). The Bertz CT molecular complexity index is 903. The number of aryl methyl sites for hydroxylation is 1. The molecule has 1 fully saturated rings. The number of carbonyl (C=O) groups is 2. The van der Waals surface area contributed by atoms with Gasteiger partial charge >= 0.3 is 6.09 Å². The summed E-state index contributed by atoms with van der Waals surface area (Å²) < 4.78 is 7.44. The van der Waals surface area contributed by atoms with Crippen LogP contribution in [0.1, 0.15) is 67.3 Å². The molecular formula is C23H31N3O3S. The predicted octanol–water partition coefficient (Wildman–Crippen LogP) is 4.55. The van der Waals surface area contributed by atoms with Crippen LogP contribution in [0.25, 0.3) is 5.00 Å². The van der Waals surface area contributed by atoms with E-state index in [0.29, 0.717) is 13.1 Å². The van der Waals surface area contributed by atoms with E-state index in [0.717, 1.165) is 42.7 Å². The standard InChI is InChI=1S/C23H31N3O3S/c1-23(2,3)29-22(28)24-16-10-14-25(15-11-16)20(27)19-17-8-4-5-9-18(17)30-21(19)26-12-6-7-13-26/h6-7,12-13,16H,4-5,8-11,14-15H2,1-3H3,(H,24,28). The molecule has 0 unspecified atom stereocenters. The smallest absolute Gasteiger partial charge is 0.407 e. The van der Waals surface area contributed by atoms with E-state index in [4.69, 9.17) is 4.74 Å². The van der Waals surface area contributed by atoms with E-state index in [1.807, 2.05) is 50.2 Å². The third kappa shape index (κ3) is 4.56. The van der Waals surface area contributed by atoms with Crippen molar-refractivity contribution in [3.05, 3.63) is 40.5 Å². The number of carbonyl (C=O) groups excluding carboxylic acids is 2. The number of thiophene rings is 1. The molecule has 2 amide bonds. The summed E-state index contributed by atoms with van der Waals surface area (Å²) in [6.07, 6.45) is 9.57. The molecule has 0 spiro atoms. The summed E-state index contributed by atoms with van der Waals surface area (Å²) in [6, 6.07) is 4.05. The Labute approximate surface area is 182 Å². The van der Waals surface area contributed by atoms with Crippen LogP contribution in [0.3, 0.4) is 0 Å². The van der Waals surface area contributed by atoms with E-state index in [2.05, 4.69) is 9.88 Å². The third-order valence-electron chi connectivity index (χ3n) is 5.71. The van der Waals surface area contributed by atoms with Crippen molar-refractivity contribution in [2.45, 2.75) is 70.9 Å². The molecule has 0 saturated carbocycles. The molecule has 30 heavy (non-hydrogen) atoms. The first-order valence-electron chi connectivity index (χ1n) is 10.9. The number of hydrogen-bond acceptors (Lipinski definition) is 4. The molecule has 1 saturated heterocycles. The van der Waals surface area contributed by atoms with Gasteiger partial charge < -0.3 is 19.5 Å². The number of rotatable bonds is 3. The Kier molecular flexibility index (Phi) is 5.91. The topological polar surface area (TPSA) is 63.6 Å². The lowest BCUT2D eigenvalue weighted by atomic mass is 9.94. The van der Waals surface area contributed by atoms with Gasteiger partial charge in [-0.1, -0.05) is 0 Å². The lowest BCUT2D eigenvalue weighted by Gasteiger charge is -2.33. The number of amides is 2. The molecule has 1 N–H and O–H groups in total. The minimum absolute atomic E-state index is 0.0456. The van der Waals surface area contributed by atoms with Crippen LogP contribution in [0.2, 0.25) is 0 Å². The molecule has 0 aromatic carbocycles. The van der Waals surface area contributed by atoms with Crippen molar-refractivity contribution in [2.75, 3.05) is 13.1 Å². The average Bonchev–Trinajstić information content (AvgIpc) is 3.34. The van der Waals surface area contributed by atoms with E-state index in [1.165, 1.54) is 16.9 Å². The number of fused-ring (bicyclic) bond motifs is 1. The zero-order valence-electron chi connectivity index (χ0n) is 18.1. The zero-order chi connectivity index (χ0) is 21.3. The zero-order valence-corrected chi connectivity index (χ0v) is 18.9. The van der Waals surface area contributed by atoms with Gasteiger partial charge in [-0.2, -0.15) is 0 Å². The molecular weight excluding hydrogens is 398 g/mol. The van der Waals surface area contributed by atoms with Crippen LogP contribution in [-0.4, -0.2) is 46.2 Å². The number of alkyl carbamates (subject to hydrolysis) is 1. The van der Waals surface area contributed by atoms with Crippen molar-refractivity contribution < 1.29 is 14.3 Å². The maximum atomic E-state index is 13.6.